The Bertz CT molecular complexity index is 416. The fourth-order valence-corrected chi connectivity index (χ4v) is 2.03. The quantitative estimate of drug-likeness (QED) is 0.587. The van der Waals surface area contributed by atoms with Crippen molar-refractivity contribution in [1.82, 2.24) is 5.43 Å². The molecule has 2 rings (SSSR count). The van der Waals surface area contributed by atoms with Crippen LogP contribution in [-0.4, -0.2) is 18.8 Å². The molecule has 0 amide bonds. The van der Waals surface area contributed by atoms with Crippen molar-refractivity contribution in [3.8, 4) is 5.75 Å². The highest BCUT2D eigenvalue weighted by Crippen LogP contribution is 2.30. The predicted octanol–water partition coefficient (Wildman–Crippen LogP) is 2.55. The summed E-state index contributed by atoms with van der Waals surface area (Å²) in [5, 5.41) is 0. The zero-order valence-corrected chi connectivity index (χ0v) is 12.0. The molecule has 0 saturated heterocycles. The van der Waals surface area contributed by atoms with E-state index in [1.807, 2.05) is 12.1 Å². The molecular formula is C15H24N2O2. The molecule has 0 radical (unpaired) electrons. The van der Waals surface area contributed by atoms with Crippen LogP contribution in [0.25, 0.3) is 0 Å². The van der Waals surface area contributed by atoms with E-state index in [2.05, 4.69) is 31.4 Å². The van der Waals surface area contributed by atoms with Crippen LogP contribution in [0.3, 0.4) is 0 Å². The summed E-state index contributed by atoms with van der Waals surface area (Å²) in [4.78, 5) is 0. The average Bonchev–Trinajstić information content (AvgIpc) is 3.20. The molecule has 106 valence electrons. The summed E-state index contributed by atoms with van der Waals surface area (Å²) in [5.74, 6) is 6.61. The van der Waals surface area contributed by atoms with Gasteiger partial charge in [-0.2, -0.15) is 0 Å². The number of benzene rings is 1. The number of hydrogen-bond acceptors (Lipinski definition) is 4. The van der Waals surface area contributed by atoms with Gasteiger partial charge in [0.2, 0.25) is 0 Å². The molecule has 0 aliphatic heterocycles. The fraction of sp³-hybridized carbons (Fsp3) is 0.600. The molecule has 0 aromatic heterocycles. The lowest BCUT2D eigenvalue weighted by atomic mass is 9.94. The Kier molecular flexibility index (Phi) is 4.45. The molecule has 1 fully saturated rings. The highest BCUT2D eigenvalue weighted by atomic mass is 16.5. The molecule has 1 aromatic carbocycles. The molecule has 19 heavy (non-hydrogen) atoms. The highest BCUT2D eigenvalue weighted by molar-refractivity contribution is 5.31. The average molecular weight is 264 g/mol. The largest absolute Gasteiger partial charge is 0.490 e. The number of hydrazine groups is 1. The van der Waals surface area contributed by atoms with Crippen molar-refractivity contribution < 1.29 is 9.47 Å². The van der Waals surface area contributed by atoms with Gasteiger partial charge in [-0.05, 0) is 50.8 Å². The van der Waals surface area contributed by atoms with Gasteiger partial charge in [-0.3, -0.25) is 11.3 Å². The first-order valence-corrected chi connectivity index (χ1v) is 6.82. The van der Waals surface area contributed by atoms with Gasteiger partial charge in [0.1, 0.15) is 5.75 Å². The smallest absolute Gasteiger partial charge is 0.120 e. The van der Waals surface area contributed by atoms with Gasteiger partial charge in [-0.25, -0.2) is 0 Å². The van der Waals surface area contributed by atoms with E-state index < -0.39 is 0 Å². The molecule has 1 aliphatic carbocycles. The van der Waals surface area contributed by atoms with Crippen LogP contribution in [0.5, 0.6) is 5.75 Å². The molecule has 1 aliphatic rings. The summed E-state index contributed by atoms with van der Waals surface area (Å²) in [6, 6.07) is 8.19. The van der Waals surface area contributed by atoms with Crippen molar-refractivity contribution in [3.05, 3.63) is 29.8 Å². The lowest BCUT2D eigenvalue weighted by Gasteiger charge is -2.28. The third-order valence-electron chi connectivity index (χ3n) is 3.54. The van der Waals surface area contributed by atoms with E-state index in [1.165, 1.54) is 12.8 Å². The number of methoxy groups -OCH3 is 1. The summed E-state index contributed by atoms with van der Waals surface area (Å²) >= 11 is 0. The Balaban J connectivity index is 2.08. The van der Waals surface area contributed by atoms with Crippen LogP contribution >= 0.6 is 0 Å². The number of ether oxygens (including phenoxy) is 2. The van der Waals surface area contributed by atoms with E-state index in [0.717, 1.165) is 17.7 Å². The lowest BCUT2D eigenvalue weighted by molar-refractivity contribution is 0.00679. The van der Waals surface area contributed by atoms with E-state index in [0.29, 0.717) is 6.10 Å². The Hall–Kier alpha value is -1.10. The summed E-state index contributed by atoms with van der Waals surface area (Å²) < 4.78 is 11.3. The third kappa shape index (κ3) is 4.20. The minimum absolute atomic E-state index is 0.0534. The molecule has 0 spiro atoms. The molecular weight excluding hydrogens is 240 g/mol. The standard InChI is InChI=1S/C15H24N2O2/c1-15(2,18-3)10-14(17-16)11-5-4-6-13(9-11)19-12-7-8-12/h4-6,9,12,14,17H,7-8,10,16H2,1-3H3. The predicted molar refractivity (Wildman–Crippen MR) is 75.9 cm³/mol. The maximum atomic E-state index is 5.82. The maximum Gasteiger partial charge on any atom is 0.120 e. The van der Waals surface area contributed by atoms with Crippen LogP contribution < -0.4 is 16.0 Å². The van der Waals surface area contributed by atoms with Gasteiger partial charge < -0.3 is 9.47 Å². The molecule has 1 saturated carbocycles. The summed E-state index contributed by atoms with van der Waals surface area (Å²) in [6.45, 7) is 4.11. The molecule has 1 unspecified atom stereocenters. The van der Waals surface area contributed by atoms with Crippen molar-refractivity contribution in [2.24, 2.45) is 5.84 Å². The monoisotopic (exact) mass is 264 g/mol. The highest BCUT2D eigenvalue weighted by Gasteiger charge is 2.25. The van der Waals surface area contributed by atoms with E-state index in [9.17, 15) is 0 Å². The zero-order valence-electron chi connectivity index (χ0n) is 12.0. The normalized spacial score (nSPS) is 17.3. The van der Waals surface area contributed by atoms with Crippen LogP contribution in [-0.2, 0) is 4.74 Å². The molecule has 4 heteroatoms. The lowest BCUT2D eigenvalue weighted by Crippen LogP contribution is -2.35. The van der Waals surface area contributed by atoms with Crippen LogP contribution in [0.2, 0.25) is 0 Å². The maximum absolute atomic E-state index is 5.82. The van der Waals surface area contributed by atoms with Gasteiger partial charge in [-0.15, -0.1) is 0 Å². The Morgan fingerprint density at radius 1 is 1.42 bits per heavy atom. The SMILES string of the molecule is COC(C)(C)CC(NN)c1cccc(OC2CC2)c1. The molecule has 0 heterocycles. The topological polar surface area (TPSA) is 56.5 Å². The summed E-state index contributed by atoms with van der Waals surface area (Å²) in [6.07, 6.45) is 3.54. The van der Waals surface area contributed by atoms with Crippen LogP contribution in [0.1, 0.15) is 44.7 Å². The third-order valence-corrected chi connectivity index (χ3v) is 3.54. The van der Waals surface area contributed by atoms with Gasteiger partial charge in [0.15, 0.2) is 0 Å². The van der Waals surface area contributed by atoms with Crippen molar-refractivity contribution in [3.63, 3.8) is 0 Å². The molecule has 4 nitrogen and oxygen atoms in total. The van der Waals surface area contributed by atoms with Crippen molar-refractivity contribution in [1.29, 1.82) is 0 Å². The van der Waals surface area contributed by atoms with E-state index >= 15 is 0 Å². The zero-order chi connectivity index (χ0) is 13.9. The van der Waals surface area contributed by atoms with Gasteiger partial charge in [0.25, 0.3) is 0 Å². The Morgan fingerprint density at radius 3 is 2.74 bits per heavy atom. The van der Waals surface area contributed by atoms with E-state index in [-0.39, 0.29) is 11.6 Å². The van der Waals surface area contributed by atoms with Gasteiger partial charge in [0, 0.05) is 13.2 Å². The van der Waals surface area contributed by atoms with Gasteiger partial charge in [-0.1, -0.05) is 12.1 Å². The van der Waals surface area contributed by atoms with Gasteiger partial charge >= 0.3 is 0 Å². The fourth-order valence-electron chi connectivity index (χ4n) is 2.03. The molecule has 0 bridgehead atoms. The second-order valence-corrected chi connectivity index (χ2v) is 5.78. The molecule has 1 aromatic rings. The van der Waals surface area contributed by atoms with E-state index in [4.69, 9.17) is 15.3 Å². The number of rotatable bonds is 7. The van der Waals surface area contributed by atoms with Crippen molar-refractivity contribution in [2.45, 2.75) is 50.9 Å². The number of nitrogens with two attached hydrogens (primary N) is 1. The second-order valence-electron chi connectivity index (χ2n) is 5.78. The first-order chi connectivity index (χ1) is 9.04. The van der Waals surface area contributed by atoms with Crippen LogP contribution in [0, 0.1) is 0 Å². The van der Waals surface area contributed by atoms with Crippen molar-refractivity contribution in [2.75, 3.05) is 7.11 Å². The van der Waals surface area contributed by atoms with E-state index in [1.54, 1.807) is 7.11 Å². The first-order valence-electron chi connectivity index (χ1n) is 6.82. The minimum atomic E-state index is -0.218. The van der Waals surface area contributed by atoms with Gasteiger partial charge in [0.05, 0.1) is 11.7 Å². The summed E-state index contributed by atoms with van der Waals surface area (Å²) in [7, 11) is 1.72. The summed E-state index contributed by atoms with van der Waals surface area (Å²) in [5.41, 5.74) is 3.78. The molecule has 3 N–H and O–H groups in total. The first kappa shape index (κ1) is 14.3. The Labute approximate surface area is 115 Å². The minimum Gasteiger partial charge on any atom is -0.490 e. The number of nitrogens with one attached hydrogen (secondary N) is 1. The number of hydrogen-bond donors (Lipinski definition) is 2. The molecule has 1 atom stereocenters. The van der Waals surface area contributed by atoms with Crippen LogP contribution in [0.4, 0.5) is 0 Å². The second kappa shape index (κ2) is 5.90. The van der Waals surface area contributed by atoms with Crippen molar-refractivity contribution >= 4 is 0 Å². The van der Waals surface area contributed by atoms with Crippen LogP contribution in [0.15, 0.2) is 24.3 Å². The Morgan fingerprint density at radius 2 is 2.16 bits per heavy atom.